The molecule has 19 heavy (non-hydrogen) atoms. The van der Waals surface area contributed by atoms with E-state index in [1.165, 1.54) is 0 Å². The molecule has 0 heterocycles. The zero-order valence-corrected chi connectivity index (χ0v) is 11.8. The Bertz CT molecular complexity index is 392. The van der Waals surface area contributed by atoms with Crippen LogP contribution in [0.1, 0.15) is 25.3 Å². The molecule has 1 atom stereocenters. The van der Waals surface area contributed by atoms with Gasteiger partial charge in [-0.3, -0.25) is 0 Å². The van der Waals surface area contributed by atoms with Gasteiger partial charge in [0.2, 0.25) is 0 Å². The maximum atomic E-state index is 5.53. The van der Waals surface area contributed by atoms with Crippen molar-refractivity contribution in [3.63, 3.8) is 0 Å². The van der Waals surface area contributed by atoms with Gasteiger partial charge in [0.1, 0.15) is 12.4 Å². The largest absolute Gasteiger partial charge is 0.481 e. The average Bonchev–Trinajstić information content (AvgIpc) is 2.44. The van der Waals surface area contributed by atoms with Gasteiger partial charge in [-0.2, -0.15) is 0 Å². The van der Waals surface area contributed by atoms with Crippen LogP contribution in [0.3, 0.4) is 0 Å². The van der Waals surface area contributed by atoms with E-state index in [0.29, 0.717) is 12.6 Å². The lowest BCUT2D eigenvalue weighted by molar-refractivity contribution is 0.161. The van der Waals surface area contributed by atoms with Crippen molar-refractivity contribution >= 4 is 0 Å². The minimum absolute atomic E-state index is 0.299. The molecule has 0 aliphatic heterocycles. The molecule has 1 aromatic carbocycles. The summed E-state index contributed by atoms with van der Waals surface area (Å²) in [6.45, 7) is 3.96. The number of rotatable bonds is 9. The number of para-hydroxylation sites is 1. The van der Waals surface area contributed by atoms with E-state index in [0.717, 1.165) is 37.3 Å². The molecule has 0 saturated heterocycles. The summed E-state index contributed by atoms with van der Waals surface area (Å²) >= 11 is 0. The first-order valence-electron chi connectivity index (χ1n) is 6.68. The molecule has 0 radical (unpaired) electrons. The number of methoxy groups -OCH3 is 1. The molecule has 0 aromatic heterocycles. The molecule has 1 aromatic rings. The van der Waals surface area contributed by atoms with Crippen LogP contribution in [0.2, 0.25) is 0 Å². The van der Waals surface area contributed by atoms with Crippen molar-refractivity contribution in [1.29, 1.82) is 0 Å². The van der Waals surface area contributed by atoms with Gasteiger partial charge in [0.05, 0.1) is 6.61 Å². The maximum Gasteiger partial charge on any atom is 0.148 e. The van der Waals surface area contributed by atoms with E-state index in [2.05, 4.69) is 24.2 Å². The van der Waals surface area contributed by atoms with Crippen LogP contribution in [0.15, 0.2) is 24.3 Å². The SMILES string of the molecule is C#CCOc1ccccc1CNC(CCC)COC. The molecule has 104 valence electrons. The highest BCUT2D eigenvalue weighted by atomic mass is 16.5. The number of hydrogen-bond donors (Lipinski definition) is 1. The Morgan fingerprint density at radius 3 is 2.84 bits per heavy atom. The molecule has 3 nitrogen and oxygen atoms in total. The van der Waals surface area contributed by atoms with Gasteiger partial charge in [-0.25, -0.2) is 0 Å². The van der Waals surface area contributed by atoms with Crippen LogP contribution in [0.4, 0.5) is 0 Å². The minimum Gasteiger partial charge on any atom is -0.481 e. The van der Waals surface area contributed by atoms with E-state index in [-0.39, 0.29) is 0 Å². The van der Waals surface area contributed by atoms with Crippen LogP contribution in [-0.2, 0) is 11.3 Å². The monoisotopic (exact) mass is 261 g/mol. The molecular formula is C16H23NO2. The predicted octanol–water partition coefficient (Wildman–Crippen LogP) is 2.60. The molecule has 1 unspecified atom stereocenters. The van der Waals surface area contributed by atoms with E-state index >= 15 is 0 Å². The van der Waals surface area contributed by atoms with Gasteiger partial charge in [-0.05, 0) is 12.5 Å². The van der Waals surface area contributed by atoms with Crippen molar-refractivity contribution in [3.05, 3.63) is 29.8 Å². The van der Waals surface area contributed by atoms with E-state index in [4.69, 9.17) is 15.9 Å². The van der Waals surface area contributed by atoms with Gasteiger partial charge in [-0.1, -0.05) is 37.5 Å². The van der Waals surface area contributed by atoms with Crippen LogP contribution in [0.5, 0.6) is 5.75 Å². The first-order valence-corrected chi connectivity index (χ1v) is 6.68. The number of ether oxygens (including phenoxy) is 2. The van der Waals surface area contributed by atoms with Crippen LogP contribution in [0.25, 0.3) is 0 Å². The molecule has 0 aliphatic carbocycles. The molecule has 1 rings (SSSR count). The fraction of sp³-hybridized carbons (Fsp3) is 0.500. The molecule has 0 fully saturated rings. The quantitative estimate of drug-likeness (QED) is 0.693. The van der Waals surface area contributed by atoms with Crippen LogP contribution < -0.4 is 10.1 Å². The smallest absolute Gasteiger partial charge is 0.148 e. The van der Waals surface area contributed by atoms with Crippen molar-refractivity contribution in [2.75, 3.05) is 20.3 Å². The molecule has 1 N–H and O–H groups in total. The van der Waals surface area contributed by atoms with E-state index < -0.39 is 0 Å². The lowest BCUT2D eigenvalue weighted by Crippen LogP contribution is -2.32. The Hall–Kier alpha value is -1.50. The van der Waals surface area contributed by atoms with Gasteiger partial charge in [-0.15, -0.1) is 6.42 Å². The van der Waals surface area contributed by atoms with Crippen molar-refractivity contribution in [1.82, 2.24) is 5.32 Å². The number of terminal acetylenes is 1. The second kappa shape index (κ2) is 9.43. The first kappa shape index (κ1) is 15.6. The summed E-state index contributed by atoms with van der Waals surface area (Å²) in [6.07, 6.45) is 7.45. The predicted molar refractivity (Wildman–Crippen MR) is 78.2 cm³/mol. The van der Waals surface area contributed by atoms with E-state index in [1.54, 1.807) is 7.11 Å². The molecule has 0 amide bonds. The summed E-state index contributed by atoms with van der Waals surface area (Å²) in [5, 5.41) is 3.50. The second-order valence-electron chi connectivity index (χ2n) is 4.42. The van der Waals surface area contributed by atoms with E-state index in [1.807, 2.05) is 18.2 Å². The first-order chi connectivity index (χ1) is 9.31. The Kier molecular flexibility index (Phi) is 7.72. The van der Waals surface area contributed by atoms with Crippen molar-refractivity contribution in [2.24, 2.45) is 0 Å². The summed E-state index contributed by atoms with van der Waals surface area (Å²) in [4.78, 5) is 0. The zero-order chi connectivity index (χ0) is 13.9. The van der Waals surface area contributed by atoms with E-state index in [9.17, 15) is 0 Å². The van der Waals surface area contributed by atoms with Gasteiger partial charge >= 0.3 is 0 Å². The standard InChI is InChI=1S/C16H23NO2/c1-4-8-15(13-18-3)17-12-14-9-6-7-10-16(14)19-11-5-2/h2,6-7,9-10,15,17H,4,8,11-13H2,1,3H3. The third kappa shape index (κ3) is 5.78. The summed E-state index contributed by atoms with van der Waals surface area (Å²) in [7, 11) is 1.73. The molecule has 0 saturated carbocycles. The van der Waals surface area contributed by atoms with Gasteiger partial charge in [0.15, 0.2) is 0 Å². The maximum absolute atomic E-state index is 5.53. The Morgan fingerprint density at radius 1 is 1.37 bits per heavy atom. The molecule has 0 bridgehead atoms. The Balaban J connectivity index is 2.57. The van der Waals surface area contributed by atoms with Gasteiger partial charge < -0.3 is 14.8 Å². The van der Waals surface area contributed by atoms with Gasteiger partial charge in [0, 0.05) is 25.3 Å². The number of benzene rings is 1. The summed E-state index contributed by atoms with van der Waals surface area (Å²) in [5.41, 5.74) is 1.12. The topological polar surface area (TPSA) is 30.5 Å². The summed E-state index contributed by atoms with van der Waals surface area (Å²) in [6, 6.07) is 8.32. The highest BCUT2D eigenvalue weighted by molar-refractivity contribution is 5.33. The minimum atomic E-state index is 0.299. The van der Waals surface area contributed by atoms with Crippen LogP contribution in [-0.4, -0.2) is 26.4 Å². The molecule has 0 aliphatic rings. The fourth-order valence-corrected chi connectivity index (χ4v) is 1.96. The lowest BCUT2D eigenvalue weighted by atomic mass is 10.1. The van der Waals surface area contributed by atoms with Crippen LogP contribution >= 0.6 is 0 Å². The van der Waals surface area contributed by atoms with Crippen LogP contribution in [0, 0.1) is 12.3 Å². The second-order valence-corrected chi connectivity index (χ2v) is 4.42. The lowest BCUT2D eigenvalue weighted by Gasteiger charge is -2.18. The number of hydrogen-bond acceptors (Lipinski definition) is 3. The Labute approximate surface area is 116 Å². The summed E-state index contributed by atoms with van der Waals surface area (Å²) < 4.78 is 10.8. The third-order valence-electron chi connectivity index (χ3n) is 2.87. The van der Waals surface area contributed by atoms with Gasteiger partial charge in [0.25, 0.3) is 0 Å². The van der Waals surface area contributed by atoms with Crippen molar-refractivity contribution in [2.45, 2.75) is 32.4 Å². The zero-order valence-electron chi connectivity index (χ0n) is 11.8. The number of nitrogens with one attached hydrogen (secondary N) is 1. The Morgan fingerprint density at radius 2 is 2.16 bits per heavy atom. The average molecular weight is 261 g/mol. The normalized spacial score (nSPS) is 11.8. The fourth-order valence-electron chi connectivity index (χ4n) is 1.96. The highest BCUT2D eigenvalue weighted by Gasteiger charge is 2.08. The van der Waals surface area contributed by atoms with Crippen molar-refractivity contribution < 1.29 is 9.47 Å². The third-order valence-corrected chi connectivity index (χ3v) is 2.87. The molecule has 3 heteroatoms. The molecular weight excluding hydrogens is 238 g/mol. The summed E-state index contributed by atoms with van der Waals surface area (Å²) in [5.74, 6) is 3.33. The van der Waals surface area contributed by atoms with Crippen molar-refractivity contribution in [3.8, 4) is 18.1 Å². The highest BCUT2D eigenvalue weighted by Crippen LogP contribution is 2.17. The molecule has 0 spiro atoms.